The Balaban J connectivity index is 1.13. The van der Waals surface area contributed by atoms with Crippen LogP contribution < -0.4 is 21.3 Å². The van der Waals surface area contributed by atoms with E-state index in [0.29, 0.717) is 11.6 Å². The van der Waals surface area contributed by atoms with E-state index in [4.69, 9.17) is 0 Å². The van der Waals surface area contributed by atoms with Crippen LogP contribution in [0.15, 0.2) is 72.8 Å². The fourth-order valence-electron chi connectivity index (χ4n) is 5.40. The second kappa shape index (κ2) is 13.7. The number of benzene rings is 2. The number of rotatable bonds is 10. The molecule has 1 aliphatic carbocycles. The largest absolute Gasteiger partial charge is 0.388 e. The minimum atomic E-state index is -0.135. The second-order valence-electron chi connectivity index (χ2n) is 10.6. The first-order chi connectivity index (χ1) is 20.5. The van der Waals surface area contributed by atoms with Crippen molar-refractivity contribution >= 4 is 34.8 Å². The van der Waals surface area contributed by atoms with Gasteiger partial charge in [0.1, 0.15) is 0 Å². The van der Waals surface area contributed by atoms with E-state index in [9.17, 15) is 9.59 Å². The average Bonchev–Trinajstić information content (AvgIpc) is 3.02. The first-order valence-electron chi connectivity index (χ1n) is 14.3. The molecule has 216 valence electrons. The molecule has 0 radical (unpaired) electrons. The molecule has 10 heteroatoms. The Kier molecular flexibility index (Phi) is 9.33. The van der Waals surface area contributed by atoms with Crippen molar-refractivity contribution in [2.24, 2.45) is 0 Å². The van der Waals surface area contributed by atoms with Crippen molar-refractivity contribution in [1.82, 2.24) is 20.4 Å². The van der Waals surface area contributed by atoms with E-state index >= 15 is 0 Å². The van der Waals surface area contributed by atoms with Crippen LogP contribution in [0.4, 0.5) is 23.0 Å². The molecule has 42 heavy (non-hydrogen) atoms. The Morgan fingerprint density at radius 1 is 0.667 bits per heavy atom. The van der Waals surface area contributed by atoms with Crippen LogP contribution in [0.2, 0.25) is 0 Å². The van der Waals surface area contributed by atoms with Gasteiger partial charge in [-0.2, -0.15) is 10.2 Å². The fourth-order valence-corrected chi connectivity index (χ4v) is 5.40. The SMILES string of the molecule is CNc1cccc(CC(=O)Nc2ccc([C@H]3CCC[C@H](c4ccc(NC(=O)Cc5cccc(NC)c5)nn4)C3)nn2)c1. The zero-order valence-electron chi connectivity index (χ0n) is 23.9. The highest BCUT2D eigenvalue weighted by Gasteiger charge is 2.27. The lowest BCUT2D eigenvalue weighted by molar-refractivity contribution is -0.116. The summed E-state index contributed by atoms with van der Waals surface area (Å²) in [4.78, 5) is 25.0. The minimum Gasteiger partial charge on any atom is -0.388 e. The van der Waals surface area contributed by atoms with Gasteiger partial charge < -0.3 is 21.3 Å². The van der Waals surface area contributed by atoms with Gasteiger partial charge in [-0.3, -0.25) is 9.59 Å². The van der Waals surface area contributed by atoms with Crippen molar-refractivity contribution < 1.29 is 9.59 Å². The fraction of sp³-hybridized carbons (Fsp3) is 0.312. The lowest BCUT2D eigenvalue weighted by Crippen LogP contribution is -2.18. The van der Waals surface area contributed by atoms with Crippen LogP contribution in [0, 0.1) is 0 Å². The Labute approximate surface area is 245 Å². The predicted molar refractivity (Wildman–Crippen MR) is 165 cm³/mol. The molecule has 0 spiro atoms. The van der Waals surface area contributed by atoms with Crippen LogP contribution in [0.1, 0.15) is 60.0 Å². The predicted octanol–water partition coefficient (Wildman–Crippen LogP) is 5.15. The van der Waals surface area contributed by atoms with Crippen molar-refractivity contribution in [2.45, 2.75) is 50.4 Å². The maximum absolute atomic E-state index is 12.5. The Bertz CT molecular complexity index is 1390. The lowest BCUT2D eigenvalue weighted by Gasteiger charge is -2.28. The van der Waals surface area contributed by atoms with Crippen LogP contribution in [-0.2, 0) is 22.4 Å². The van der Waals surface area contributed by atoms with Crippen molar-refractivity contribution in [3.63, 3.8) is 0 Å². The smallest absolute Gasteiger partial charge is 0.229 e. The van der Waals surface area contributed by atoms with Gasteiger partial charge in [0.05, 0.1) is 24.2 Å². The van der Waals surface area contributed by atoms with E-state index in [1.807, 2.05) is 86.9 Å². The molecule has 5 rings (SSSR count). The van der Waals surface area contributed by atoms with Gasteiger partial charge in [-0.05, 0) is 78.9 Å². The van der Waals surface area contributed by atoms with Crippen LogP contribution in [-0.4, -0.2) is 46.3 Å². The number of hydrogen-bond acceptors (Lipinski definition) is 8. The molecule has 4 N–H and O–H groups in total. The average molecular weight is 565 g/mol. The van der Waals surface area contributed by atoms with Crippen molar-refractivity contribution in [1.29, 1.82) is 0 Å². The molecule has 2 atom stereocenters. The Morgan fingerprint density at radius 2 is 1.14 bits per heavy atom. The van der Waals surface area contributed by atoms with E-state index in [2.05, 4.69) is 41.7 Å². The van der Waals surface area contributed by atoms with E-state index in [1.54, 1.807) is 0 Å². The molecule has 2 amide bonds. The minimum absolute atomic E-state index is 0.135. The van der Waals surface area contributed by atoms with E-state index in [0.717, 1.165) is 59.6 Å². The zero-order chi connectivity index (χ0) is 29.3. The summed E-state index contributed by atoms with van der Waals surface area (Å²) in [5.41, 5.74) is 5.60. The molecular weight excluding hydrogens is 528 g/mol. The summed E-state index contributed by atoms with van der Waals surface area (Å²) in [5, 5.41) is 29.3. The molecule has 1 saturated carbocycles. The Hall–Kier alpha value is -4.86. The first kappa shape index (κ1) is 28.7. The van der Waals surface area contributed by atoms with Gasteiger partial charge in [0.25, 0.3) is 0 Å². The third kappa shape index (κ3) is 7.66. The number of hydrogen-bond donors (Lipinski definition) is 4. The summed E-state index contributed by atoms with van der Waals surface area (Å²) < 4.78 is 0. The molecule has 10 nitrogen and oxygen atoms in total. The van der Waals surface area contributed by atoms with Crippen molar-refractivity contribution in [2.75, 3.05) is 35.4 Å². The van der Waals surface area contributed by atoms with E-state index < -0.39 is 0 Å². The number of carbonyl (C=O) groups is 2. The zero-order valence-corrected chi connectivity index (χ0v) is 23.9. The number of nitrogens with one attached hydrogen (secondary N) is 4. The maximum atomic E-state index is 12.5. The normalized spacial score (nSPS) is 16.3. The first-order valence-corrected chi connectivity index (χ1v) is 14.3. The molecule has 2 aromatic carbocycles. The standard InChI is InChI=1S/C32H36N8O2/c1-33-25-10-3-6-21(16-25)18-31(41)35-29-14-12-27(37-39-29)23-8-5-9-24(20-23)28-13-15-30(40-38-28)36-32(42)19-22-7-4-11-26(17-22)34-2/h3-4,6-7,10-17,23-24,33-34H,5,8-9,18-20H2,1-2H3,(H,35,39,41)(H,36,40,42)/t23-,24-/m0/s1. The van der Waals surface area contributed by atoms with E-state index in [1.165, 1.54) is 0 Å². The van der Waals surface area contributed by atoms with Gasteiger partial charge in [0.15, 0.2) is 11.6 Å². The number of carbonyl (C=O) groups excluding carboxylic acids is 2. The molecule has 0 aliphatic heterocycles. The summed E-state index contributed by atoms with van der Waals surface area (Å²) in [7, 11) is 3.70. The van der Waals surface area contributed by atoms with Crippen LogP contribution in [0.5, 0.6) is 0 Å². The number of aromatic nitrogens is 4. The molecule has 2 aromatic heterocycles. The molecule has 0 saturated heterocycles. The summed E-state index contributed by atoms with van der Waals surface area (Å²) in [6.07, 6.45) is 4.51. The van der Waals surface area contributed by atoms with Crippen LogP contribution in [0.3, 0.4) is 0 Å². The third-order valence-electron chi connectivity index (χ3n) is 7.58. The molecule has 4 aromatic rings. The summed E-state index contributed by atoms with van der Waals surface area (Å²) >= 11 is 0. The van der Waals surface area contributed by atoms with E-state index in [-0.39, 0.29) is 36.5 Å². The van der Waals surface area contributed by atoms with Gasteiger partial charge in [-0.15, -0.1) is 10.2 Å². The second-order valence-corrected chi connectivity index (χ2v) is 10.6. The van der Waals surface area contributed by atoms with Gasteiger partial charge in [-0.1, -0.05) is 30.7 Å². The third-order valence-corrected chi connectivity index (χ3v) is 7.58. The van der Waals surface area contributed by atoms with Crippen molar-refractivity contribution in [3.8, 4) is 0 Å². The molecule has 2 heterocycles. The quantitative estimate of drug-likeness (QED) is 0.208. The highest BCUT2D eigenvalue weighted by molar-refractivity contribution is 5.92. The highest BCUT2D eigenvalue weighted by atomic mass is 16.2. The molecule has 0 bridgehead atoms. The summed E-state index contributed by atoms with van der Waals surface area (Å²) in [5.74, 6) is 1.12. The molecular formula is C32H36N8O2. The van der Waals surface area contributed by atoms with Gasteiger partial charge >= 0.3 is 0 Å². The molecule has 1 aliphatic rings. The molecule has 0 unspecified atom stereocenters. The summed E-state index contributed by atoms with van der Waals surface area (Å²) in [6.45, 7) is 0. The summed E-state index contributed by atoms with van der Waals surface area (Å²) in [6, 6.07) is 23.1. The van der Waals surface area contributed by atoms with Gasteiger partial charge in [0.2, 0.25) is 11.8 Å². The van der Waals surface area contributed by atoms with Crippen molar-refractivity contribution in [3.05, 3.63) is 95.3 Å². The maximum Gasteiger partial charge on any atom is 0.229 e. The lowest BCUT2D eigenvalue weighted by atomic mass is 9.78. The monoisotopic (exact) mass is 564 g/mol. The number of amides is 2. The van der Waals surface area contributed by atoms with Crippen LogP contribution >= 0.6 is 0 Å². The molecule has 1 fully saturated rings. The van der Waals surface area contributed by atoms with Gasteiger partial charge in [0, 0.05) is 37.3 Å². The number of anilines is 4. The topological polar surface area (TPSA) is 134 Å². The number of nitrogens with zero attached hydrogens (tertiary/aromatic N) is 4. The Morgan fingerprint density at radius 3 is 1.55 bits per heavy atom. The van der Waals surface area contributed by atoms with Crippen LogP contribution in [0.25, 0.3) is 0 Å². The van der Waals surface area contributed by atoms with Gasteiger partial charge in [-0.25, -0.2) is 0 Å². The highest BCUT2D eigenvalue weighted by Crippen LogP contribution is 2.40.